The van der Waals surface area contributed by atoms with Crippen molar-refractivity contribution >= 4 is 0 Å². The average molecular weight is 258 g/mol. The van der Waals surface area contributed by atoms with Crippen LogP contribution in [0.2, 0.25) is 0 Å². The maximum Gasteiger partial charge on any atom is 0.164 e. The molecule has 0 aliphatic carbocycles. The van der Waals surface area contributed by atoms with E-state index in [1.165, 1.54) is 5.56 Å². The molecule has 2 N–H and O–H groups in total. The number of nitrogens with zero attached hydrogens (tertiary/aromatic N) is 3. The van der Waals surface area contributed by atoms with E-state index in [0.29, 0.717) is 12.5 Å². The fraction of sp³-hybridized carbons (Fsp3) is 0.467. The molecule has 0 aliphatic rings. The van der Waals surface area contributed by atoms with Crippen LogP contribution in [0.1, 0.15) is 32.2 Å². The second-order valence-corrected chi connectivity index (χ2v) is 5.20. The normalized spacial score (nSPS) is 11.2. The molecule has 0 atom stereocenters. The minimum Gasteiger partial charge on any atom is -0.324 e. The lowest BCUT2D eigenvalue weighted by molar-refractivity contribution is 0.510. The maximum absolute atomic E-state index is 5.74. The number of hydrogen-bond donors (Lipinski definition) is 1. The zero-order valence-corrected chi connectivity index (χ0v) is 11.9. The average Bonchev–Trinajstić information content (AvgIpc) is 2.81. The van der Waals surface area contributed by atoms with Gasteiger partial charge in [-0.15, -0.1) is 10.2 Å². The molecule has 1 heterocycles. The first-order valence-corrected chi connectivity index (χ1v) is 6.87. The first kappa shape index (κ1) is 13.7. The molecular weight excluding hydrogens is 236 g/mol. The van der Waals surface area contributed by atoms with Crippen molar-refractivity contribution in [2.75, 3.05) is 0 Å². The van der Waals surface area contributed by atoms with Gasteiger partial charge in [-0.2, -0.15) is 0 Å². The van der Waals surface area contributed by atoms with Crippen molar-refractivity contribution in [3.63, 3.8) is 0 Å². The Morgan fingerprint density at radius 3 is 2.37 bits per heavy atom. The number of rotatable bonds is 5. The second kappa shape index (κ2) is 5.97. The number of aryl methyl sites for hydroxylation is 1. The number of hydrogen-bond acceptors (Lipinski definition) is 3. The monoisotopic (exact) mass is 258 g/mol. The van der Waals surface area contributed by atoms with Crippen LogP contribution in [0.15, 0.2) is 24.3 Å². The van der Waals surface area contributed by atoms with Crippen molar-refractivity contribution in [3.05, 3.63) is 35.7 Å². The van der Waals surface area contributed by atoms with Crippen molar-refractivity contribution in [1.29, 1.82) is 0 Å². The van der Waals surface area contributed by atoms with E-state index in [1.807, 2.05) is 0 Å². The molecule has 0 saturated carbocycles. The molecule has 0 saturated heterocycles. The van der Waals surface area contributed by atoms with Gasteiger partial charge in [-0.05, 0) is 17.9 Å². The third-order valence-corrected chi connectivity index (χ3v) is 3.18. The van der Waals surface area contributed by atoms with Gasteiger partial charge in [0.2, 0.25) is 0 Å². The molecule has 2 rings (SSSR count). The first-order chi connectivity index (χ1) is 9.15. The highest BCUT2D eigenvalue weighted by Gasteiger charge is 2.13. The molecule has 0 aliphatic heterocycles. The summed E-state index contributed by atoms with van der Waals surface area (Å²) in [5, 5.41) is 8.49. The molecule has 2 aromatic rings. The van der Waals surface area contributed by atoms with Crippen LogP contribution in [0, 0.1) is 5.92 Å². The topological polar surface area (TPSA) is 56.7 Å². The molecule has 0 spiro atoms. The van der Waals surface area contributed by atoms with Crippen LogP contribution >= 0.6 is 0 Å². The molecule has 0 bridgehead atoms. The van der Waals surface area contributed by atoms with Gasteiger partial charge in [0.25, 0.3) is 0 Å². The number of benzene rings is 1. The van der Waals surface area contributed by atoms with Gasteiger partial charge < -0.3 is 10.3 Å². The maximum atomic E-state index is 5.74. The summed E-state index contributed by atoms with van der Waals surface area (Å²) in [7, 11) is 0. The minimum absolute atomic E-state index is 0.423. The Bertz CT molecular complexity index is 526. The minimum atomic E-state index is 0.423. The SMILES string of the molecule is CCc1ccc(-c2nnc(CN)n2CC(C)C)cc1. The van der Waals surface area contributed by atoms with E-state index in [9.17, 15) is 0 Å². The van der Waals surface area contributed by atoms with Crippen molar-refractivity contribution in [1.82, 2.24) is 14.8 Å². The third kappa shape index (κ3) is 3.01. The summed E-state index contributed by atoms with van der Waals surface area (Å²) in [5.74, 6) is 2.30. The quantitative estimate of drug-likeness (QED) is 0.897. The molecule has 0 fully saturated rings. The van der Waals surface area contributed by atoms with Gasteiger partial charge in [-0.1, -0.05) is 45.0 Å². The number of nitrogens with two attached hydrogens (primary N) is 1. The van der Waals surface area contributed by atoms with Crippen molar-refractivity contribution in [2.24, 2.45) is 11.7 Å². The Morgan fingerprint density at radius 1 is 1.16 bits per heavy atom. The summed E-state index contributed by atoms with van der Waals surface area (Å²) in [6, 6.07) is 8.51. The summed E-state index contributed by atoms with van der Waals surface area (Å²) in [5.41, 5.74) is 8.17. The van der Waals surface area contributed by atoms with Gasteiger partial charge in [-0.3, -0.25) is 0 Å². The molecule has 0 radical (unpaired) electrons. The van der Waals surface area contributed by atoms with Crippen LogP contribution in [0.3, 0.4) is 0 Å². The van der Waals surface area contributed by atoms with Gasteiger partial charge in [0.1, 0.15) is 5.82 Å². The van der Waals surface area contributed by atoms with Gasteiger partial charge in [0.05, 0.1) is 6.54 Å². The first-order valence-electron chi connectivity index (χ1n) is 6.87. The molecular formula is C15H22N4. The summed E-state index contributed by atoms with van der Waals surface area (Å²) in [6.45, 7) is 7.84. The Kier molecular flexibility index (Phi) is 4.32. The summed E-state index contributed by atoms with van der Waals surface area (Å²) in [4.78, 5) is 0. The Labute approximate surface area is 114 Å². The highest BCUT2D eigenvalue weighted by molar-refractivity contribution is 5.55. The molecule has 0 amide bonds. The van der Waals surface area contributed by atoms with Crippen LogP contribution in [0.25, 0.3) is 11.4 Å². The highest BCUT2D eigenvalue weighted by Crippen LogP contribution is 2.20. The second-order valence-electron chi connectivity index (χ2n) is 5.20. The zero-order chi connectivity index (χ0) is 13.8. The van der Waals surface area contributed by atoms with Crippen molar-refractivity contribution < 1.29 is 0 Å². The molecule has 1 aromatic carbocycles. The van der Waals surface area contributed by atoms with E-state index in [2.05, 4.69) is 59.8 Å². The summed E-state index contributed by atoms with van der Waals surface area (Å²) in [6.07, 6.45) is 1.05. The summed E-state index contributed by atoms with van der Waals surface area (Å²) >= 11 is 0. The van der Waals surface area contributed by atoms with Crippen molar-refractivity contribution in [2.45, 2.75) is 40.3 Å². The Morgan fingerprint density at radius 2 is 1.84 bits per heavy atom. The lowest BCUT2D eigenvalue weighted by Crippen LogP contribution is -2.13. The lowest BCUT2D eigenvalue weighted by atomic mass is 10.1. The van der Waals surface area contributed by atoms with E-state index in [-0.39, 0.29) is 0 Å². The molecule has 102 valence electrons. The lowest BCUT2D eigenvalue weighted by Gasteiger charge is -2.12. The van der Waals surface area contributed by atoms with Crippen LogP contribution in [0.4, 0.5) is 0 Å². The van der Waals surface area contributed by atoms with Crippen LogP contribution in [-0.4, -0.2) is 14.8 Å². The predicted octanol–water partition coefficient (Wildman–Crippen LogP) is 2.62. The Balaban J connectivity index is 2.39. The van der Waals surface area contributed by atoms with Crippen LogP contribution in [-0.2, 0) is 19.5 Å². The van der Waals surface area contributed by atoms with E-state index in [4.69, 9.17) is 5.73 Å². The van der Waals surface area contributed by atoms with E-state index >= 15 is 0 Å². The van der Waals surface area contributed by atoms with Crippen molar-refractivity contribution in [3.8, 4) is 11.4 Å². The fourth-order valence-corrected chi connectivity index (χ4v) is 2.15. The zero-order valence-electron chi connectivity index (χ0n) is 11.9. The predicted molar refractivity (Wildman–Crippen MR) is 77.6 cm³/mol. The molecule has 19 heavy (non-hydrogen) atoms. The van der Waals surface area contributed by atoms with Gasteiger partial charge >= 0.3 is 0 Å². The molecule has 1 aromatic heterocycles. The third-order valence-electron chi connectivity index (χ3n) is 3.18. The van der Waals surface area contributed by atoms with Gasteiger partial charge in [-0.25, -0.2) is 0 Å². The summed E-state index contributed by atoms with van der Waals surface area (Å²) < 4.78 is 2.13. The van der Waals surface area contributed by atoms with Crippen LogP contribution < -0.4 is 5.73 Å². The van der Waals surface area contributed by atoms with Crippen LogP contribution in [0.5, 0.6) is 0 Å². The smallest absolute Gasteiger partial charge is 0.164 e. The van der Waals surface area contributed by atoms with E-state index in [1.54, 1.807) is 0 Å². The Hall–Kier alpha value is -1.68. The van der Waals surface area contributed by atoms with E-state index < -0.39 is 0 Å². The molecule has 4 nitrogen and oxygen atoms in total. The fourth-order valence-electron chi connectivity index (χ4n) is 2.15. The van der Waals surface area contributed by atoms with E-state index in [0.717, 1.165) is 30.2 Å². The standard InChI is InChI=1S/C15H22N4/c1-4-12-5-7-13(8-6-12)15-18-17-14(9-16)19(15)10-11(2)3/h5-8,11H,4,9-10,16H2,1-3H3. The van der Waals surface area contributed by atoms with Gasteiger partial charge in [0.15, 0.2) is 5.82 Å². The molecule has 4 heteroatoms. The largest absolute Gasteiger partial charge is 0.324 e. The molecule has 0 unspecified atom stereocenters. The number of aromatic nitrogens is 3. The van der Waals surface area contributed by atoms with Gasteiger partial charge in [0, 0.05) is 12.1 Å². The highest BCUT2D eigenvalue weighted by atomic mass is 15.3.